The first-order valence-electron chi connectivity index (χ1n) is 7.04. The lowest BCUT2D eigenvalue weighted by Gasteiger charge is -2.12. The van der Waals surface area contributed by atoms with Crippen LogP contribution in [0.5, 0.6) is 0 Å². The van der Waals surface area contributed by atoms with Crippen LogP contribution < -0.4 is 11.1 Å². The van der Waals surface area contributed by atoms with Crippen LogP contribution >= 0.6 is 0 Å². The van der Waals surface area contributed by atoms with E-state index in [1.807, 2.05) is 6.07 Å². The number of rotatable bonds is 5. The number of hydrogen-bond donors (Lipinski definition) is 2. The lowest BCUT2D eigenvalue weighted by Crippen LogP contribution is -2.13. The summed E-state index contributed by atoms with van der Waals surface area (Å²) in [6, 6.07) is 1.83. The zero-order chi connectivity index (χ0) is 13.0. The maximum Gasteiger partial charge on any atom is 0.133 e. The molecular formula is C14H24N4. The molecule has 1 aromatic rings. The van der Waals surface area contributed by atoms with Crippen molar-refractivity contribution < 1.29 is 0 Å². The van der Waals surface area contributed by atoms with Crippen LogP contribution in [0.4, 0.5) is 11.6 Å². The Morgan fingerprint density at radius 2 is 2.22 bits per heavy atom. The van der Waals surface area contributed by atoms with E-state index in [-0.39, 0.29) is 0 Å². The molecule has 1 aliphatic rings. The third-order valence-electron chi connectivity index (χ3n) is 3.64. The average Bonchev–Trinajstić information content (AvgIpc) is 2.72. The smallest absolute Gasteiger partial charge is 0.133 e. The Kier molecular flexibility index (Phi) is 4.39. The number of aromatic nitrogens is 2. The molecule has 0 aliphatic heterocycles. The summed E-state index contributed by atoms with van der Waals surface area (Å²) in [7, 11) is 0. The molecule has 0 bridgehead atoms. The van der Waals surface area contributed by atoms with Gasteiger partial charge in [-0.3, -0.25) is 0 Å². The molecule has 100 valence electrons. The van der Waals surface area contributed by atoms with E-state index < -0.39 is 0 Å². The highest BCUT2D eigenvalue weighted by Crippen LogP contribution is 2.30. The van der Waals surface area contributed by atoms with E-state index in [1.165, 1.54) is 19.3 Å². The Bertz CT molecular complexity index is 391. The summed E-state index contributed by atoms with van der Waals surface area (Å²) in [6.07, 6.45) is 5.95. The van der Waals surface area contributed by atoms with Crippen LogP contribution in [0.2, 0.25) is 0 Å². The summed E-state index contributed by atoms with van der Waals surface area (Å²) in [5.74, 6) is 3.95. The molecule has 1 heterocycles. The van der Waals surface area contributed by atoms with Crippen LogP contribution in [-0.2, 0) is 6.42 Å². The van der Waals surface area contributed by atoms with E-state index in [0.717, 1.165) is 42.9 Å². The van der Waals surface area contributed by atoms with Crippen molar-refractivity contribution >= 4 is 11.6 Å². The molecule has 2 unspecified atom stereocenters. The summed E-state index contributed by atoms with van der Waals surface area (Å²) in [4.78, 5) is 8.74. The lowest BCUT2D eigenvalue weighted by molar-refractivity contribution is 0.536. The molecule has 0 aromatic carbocycles. The summed E-state index contributed by atoms with van der Waals surface area (Å²) in [5, 5.41) is 3.42. The monoisotopic (exact) mass is 248 g/mol. The number of hydrogen-bond acceptors (Lipinski definition) is 4. The van der Waals surface area contributed by atoms with Gasteiger partial charge in [-0.05, 0) is 31.1 Å². The van der Waals surface area contributed by atoms with Crippen LogP contribution in [0.1, 0.15) is 45.4 Å². The first kappa shape index (κ1) is 13.1. The SMILES string of the molecule is CCCc1nc(N)cc(NCC2CCC(C)C2)n1. The number of aryl methyl sites for hydroxylation is 1. The first-order chi connectivity index (χ1) is 8.67. The molecule has 0 radical (unpaired) electrons. The maximum absolute atomic E-state index is 5.80. The summed E-state index contributed by atoms with van der Waals surface area (Å²) >= 11 is 0. The van der Waals surface area contributed by atoms with Gasteiger partial charge in [-0.15, -0.1) is 0 Å². The predicted octanol–water partition coefficient (Wildman–Crippen LogP) is 2.86. The summed E-state index contributed by atoms with van der Waals surface area (Å²) in [6.45, 7) is 5.47. The van der Waals surface area contributed by atoms with Crippen molar-refractivity contribution in [3.8, 4) is 0 Å². The van der Waals surface area contributed by atoms with Crippen LogP contribution in [0.15, 0.2) is 6.07 Å². The minimum atomic E-state index is 0.565. The van der Waals surface area contributed by atoms with Crippen molar-refractivity contribution in [3.63, 3.8) is 0 Å². The lowest BCUT2D eigenvalue weighted by atomic mass is 10.1. The van der Waals surface area contributed by atoms with Crippen LogP contribution in [0.3, 0.4) is 0 Å². The van der Waals surface area contributed by atoms with Gasteiger partial charge in [-0.1, -0.05) is 20.3 Å². The van der Waals surface area contributed by atoms with E-state index >= 15 is 0 Å². The Labute approximate surface area is 109 Å². The van der Waals surface area contributed by atoms with E-state index in [4.69, 9.17) is 5.73 Å². The molecule has 0 spiro atoms. The number of anilines is 2. The molecule has 1 aliphatic carbocycles. The quantitative estimate of drug-likeness (QED) is 0.841. The summed E-state index contributed by atoms with van der Waals surface area (Å²) < 4.78 is 0. The molecule has 3 N–H and O–H groups in total. The van der Waals surface area contributed by atoms with Crippen molar-refractivity contribution in [1.82, 2.24) is 9.97 Å². The fourth-order valence-electron chi connectivity index (χ4n) is 2.70. The maximum atomic E-state index is 5.80. The number of nitrogen functional groups attached to an aromatic ring is 1. The molecular weight excluding hydrogens is 224 g/mol. The average molecular weight is 248 g/mol. The molecule has 0 saturated heterocycles. The van der Waals surface area contributed by atoms with E-state index in [1.54, 1.807) is 0 Å². The van der Waals surface area contributed by atoms with Gasteiger partial charge in [0.05, 0.1) is 0 Å². The van der Waals surface area contributed by atoms with Crippen molar-refractivity contribution in [2.75, 3.05) is 17.6 Å². The Morgan fingerprint density at radius 3 is 2.89 bits per heavy atom. The topological polar surface area (TPSA) is 63.8 Å². The molecule has 0 amide bonds. The van der Waals surface area contributed by atoms with Gasteiger partial charge in [-0.25, -0.2) is 9.97 Å². The second-order valence-electron chi connectivity index (χ2n) is 5.51. The minimum Gasteiger partial charge on any atom is -0.384 e. The molecule has 18 heavy (non-hydrogen) atoms. The van der Waals surface area contributed by atoms with Gasteiger partial charge in [0.15, 0.2) is 0 Å². The first-order valence-corrected chi connectivity index (χ1v) is 7.04. The normalized spacial score (nSPS) is 23.2. The fraction of sp³-hybridized carbons (Fsp3) is 0.714. The molecule has 4 nitrogen and oxygen atoms in total. The minimum absolute atomic E-state index is 0.565. The van der Waals surface area contributed by atoms with Gasteiger partial charge < -0.3 is 11.1 Å². The largest absolute Gasteiger partial charge is 0.384 e. The van der Waals surface area contributed by atoms with Gasteiger partial charge >= 0.3 is 0 Å². The highest BCUT2D eigenvalue weighted by atomic mass is 15.0. The van der Waals surface area contributed by atoms with E-state index in [9.17, 15) is 0 Å². The highest BCUT2D eigenvalue weighted by molar-refractivity contribution is 5.44. The third kappa shape index (κ3) is 3.59. The van der Waals surface area contributed by atoms with Gasteiger partial charge in [0, 0.05) is 19.0 Å². The predicted molar refractivity (Wildman–Crippen MR) is 75.4 cm³/mol. The second kappa shape index (κ2) is 6.03. The van der Waals surface area contributed by atoms with Gasteiger partial charge in [-0.2, -0.15) is 0 Å². The third-order valence-corrected chi connectivity index (χ3v) is 3.64. The van der Waals surface area contributed by atoms with Crippen molar-refractivity contribution in [3.05, 3.63) is 11.9 Å². The Morgan fingerprint density at radius 1 is 1.39 bits per heavy atom. The molecule has 2 rings (SSSR count). The fourth-order valence-corrected chi connectivity index (χ4v) is 2.70. The van der Waals surface area contributed by atoms with Gasteiger partial charge in [0.2, 0.25) is 0 Å². The zero-order valence-corrected chi connectivity index (χ0v) is 11.4. The van der Waals surface area contributed by atoms with Crippen LogP contribution in [0.25, 0.3) is 0 Å². The van der Waals surface area contributed by atoms with Crippen molar-refractivity contribution in [2.24, 2.45) is 11.8 Å². The van der Waals surface area contributed by atoms with Gasteiger partial charge in [0.25, 0.3) is 0 Å². The van der Waals surface area contributed by atoms with Gasteiger partial charge in [0.1, 0.15) is 17.5 Å². The van der Waals surface area contributed by atoms with Crippen molar-refractivity contribution in [1.29, 1.82) is 0 Å². The van der Waals surface area contributed by atoms with E-state index in [0.29, 0.717) is 5.82 Å². The Balaban J connectivity index is 1.92. The molecule has 1 aromatic heterocycles. The van der Waals surface area contributed by atoms with Crippen LogP contribution in [0, 0.1) is 11.8 Å². The van der Waals surface area contributed by atoms with Crippen LogP contribution in [-0.4, -0.2) is 16.5 Å². The Hall–Kier alpha value is -1.32. The molecule has 4 heteroatoms. The van der Waals surface area contributed by atoms with Crippen molar-refractivity contribution in [2.45, 2.75) is 46.0 Å². The van der Waals surface area contributed by atoms with E-state index in [2.05, 4.69) is 29.1 Å². The molecule has 1 saturated carbocycles. The second-order valence-corrected chi connectivity index (χ2v) is 5.51. The number of nitrogens with zero attached hydrogens (tertiary/aromatic N) is 2. The number of nitrogens with one attached hydrogen (secondary N) is 1. The highest BCUT2D eigenvalue weighted by Gasteiger charge is 2.20. The summed E-state index contributed by atoms with van der Waals surface area (Å²) in [5.41, 5.74) is 5.80. The molecule has 1 fully saturated rings. The number of nitrogens with two attached hydrogens (primary N) is 1. The standard InChI is InChI=1S/C14H24N4/c1-3-4-13-17-12(15)8-14(18-13)16-9-11-6-5-10(2)7-11/h8,10-11H,3-7,9H2,1-2H3,(H3,15,16,17,18). The zero-order valence-electron chi connectivity index (χ0n) is 11.4. The molecule has 2 atom stereocenters.